The number of carboxylic acids is 1. The van der Waals surface area contributed by atoms with Crippen molar-refractivity contribution in [2.24, 2.45) is 0 Å². The van der Waals surface area contributed by atoms with Gasteiger partial charge >= 0.3 is 5.97 Å². The Morgan fingerprint density at radius 3 is 2.52 bits per heavy atom. The van der Waals surface area contributed by atoms with Crippen molar-refractivity contribution >= 4 is 35.7 Å². The number of carbonyl (C=O) groups is 2. The maximum Gasteiger partial charge on any atom is 0.320 e. The molecule has 128 valence electrons. The zero-order valence-corrected chi connectivity index (χ0v) is 13.7. The minimum absolute atomic E-state index is 0. The minimum Gasteiger partial charge on any atom is -0.480 e. The third-order valence-electron chi connectivity index (χ3n) is 3.08. The summed E-state index contributed by atoms with van der Waals surface area (Å²) in [6, 6.07) is 3.34. The smallest absolute Gasteiger partial charge is 0.320 e. The van der Waals surface area contributed by atoms with Gasteiger partial charge in [0.05, 0.1) is 11.5 Å². The highest BCUT2D eigenvalue weighted by atomic mass is 35.5. The lowest BCUT2D eigenvalue weighted by Gasteiger charge is -2.14. The lowest BCUT2D eigenvalue weighted by atomic mass is 10.1. The Kier molecular flexibility index (Phi) is 8.82. The van der Waals surface area contributed by atoms with Crippen LogP contribution in [0, 0.1) is 17.0 Å². The number of rotatable bonds is 8. The molecule has 0 saturated carbocycles. The van der Waals surface area contributed by atoms with Gasteiger partial charge in [0, 0.05) is 17.8 Å². The van der Waals surface area contributed by atoms with E-state index in [0.29, 0.717) is 24.1 Å². The number of hydrogen-bond donors (Lipinski definition) is 3. The van der Waals surface area contributed by atoms with Crippen molar-refractivity contribution in [2.45, 2.75) is 32.7 Å². The van der Waals surface area contributed by atoms with Gasteiger partial charge in [-0.3, -0.25) is 25.0 Å². The molecular weight excluding hydrogens is 326 g/mol. The van der Waals surface area contributed by atoms with Crippen molar-refractivity contribution in [3.8, 4) is 0 Å². The number of non-ortho nitro benzene ring substituents is 1. The number of carbonyl (C=O) groups excluding carboxylic acids is 1. The van der Waals surface area contributed by atoms with E-state index in [2.05, 4.69) is 10.6 Å². The van der Waals surface area contributed by atoms with Crippen LogP contribution in [0.2, 0.25) is 0 Å². The molecular formula is C14H20ClN3O5. The number of aliphatic carboxylic acids is 1. The Balaban J connectivity index is 0.00000484. The highest BCUT2D eigenvalue weighted by Crippen LogP contribution is 2.20. The van der Waals surface area contributed by atoms with Crippen LogP contribution in [0.5, 0.6) is 0 Å². The highest BCUT2D eigenvalue weighted by Gasteiger charge is 2.17. The van der Waals surface area contributed by atoms with Crippen molar-refractivity contribution in [1.29, 1.82) is 0 Å². The van der Waals surface area contributed by atoms with Crippen molar-refractivity contribution < 1.29 is 19.6 Å². The molecule has 0 fully saturated rings. The van der Waals surface area contributed by atoms with Crippen molar-refractivity contribution in [1.82, 2.24) is 5.32 Å². The third-order valence-corrected chi connectivity index (χ3v) is 3.08. The molecule has 1 unspecified atom stereocenters. The van der Waals surface area contributed by atoms with E-state index in [1.165, 1.54) is 18.2 Å². The molecule has 9 heteroatoms. The number of aryl methyl sites for hydroxylation is 1. The number of hydrogen-bond acceptors (Lipinski definition) is 5. The molecule has 0 aromatic heterocycles. The van der Waals surface area contributed by atoms with E-state index in [9.17, 15) is 19.7 Å². The molecule has 0 bridgehead atoms. The fourth-order valence-electron chi connectivity index (χ4n) is 1.91. The van der Waals surface area contributed by atoms with Crippen LogP contribution in [0.25, 0.3) is 0 Å². The SMILES string of the molecule is CCCC(NCC(=O)Nc1ccc([N+](=O)[O-])cc1C)C(=O)O.Cl. The first-order valence-electron chi connectivity index (χ1n) is 6.86. The van der Waals surface area contributed by atoms with Crippen LogP contribution in [0.1, 0.15) is 25.3 Å². The van der Waals surface area contributed by atoms with Crippen LogP contribution in [0.4, 0.5) is 11.4 Å². The number of nitro benzene ring substituents is 1. The van der Waals surface area contributed by atoms with Crippen LogP contribution >= 0.6 is 12.4 Å². The zero-order chi connectivity index (χ0) is 16.7. The minimum atomic E-state index is -0.999. The molecule has 1 rings (SSSR count). The van der Waals surface area contributed by atoms with E-state index in [1.807, 2.05) is 6.92 Å². The Labute approximate surface area is 139 Å². The molecule has 1 aromatic carbocycles. The van der Waals surface area contributed by atoms with Crippen molar-refractivity contribution in [2.75, 3.05) is 11.9 Å². The summed E-state index contributed by atoms with van der Waals surface area (Å²) >= 11 is 0. The summed E-state index contributed by atoms with van der Waals surface area (Å²) in [5, 5.41) is 24.9. The molecule has 1 atom stereocenters. The lowest BCUT2D eigenvalue weighted by Crippen LogP contribution is -2.41. The number of nitrogens with zero attached hydrogens (tertiary/aromatic N) is 1. The number of nitro groups is 1. The Bertz CT molecular complexity index is 580. The van der Waals surface area contributed by atoms with Gasteiger partial charge in [-0.1, -0.05) is 13.3 Å². The molecule has 0 radical (unpaired) electrons. The summed E-state index contributed by atoms with van der Waals surface area (Å²) in [4.78, 5) is 32.9. The topological polar surface area (TPSA) is 122 Å². The summed E-state index contributed by atoms with van der Waals surface area (Å²) in [7, 11) is 0. The summed E-state index contributed by atoms with van der Waals surface area (Å²) in [5.74, 6) is -1.40. The standard InChI is InChI=1S/C14H19N3O5.ClH/c1-3-4-12(14(19)20)15-8-13(18)16-11-6-5-10(17(21)22)7-9(11)2;/h5-7,12,15H,3-4,8H2,1-2H3,(H,16,18)(H,19,20);1H. The van der Waals surface area contributed by atoms with Gasteiger partial charge in [-0.15, -0.1) is 12.4 Å². The van der Waals surface area contributed by atoms with Gasteiger partial charge in [0.1, 0.15) is 6.04 Å². The monoisotopic (exact) mass is 345 g/mol. The molecule has 3 N–H and O–H groups in total. The van der Waals surface area contributed by atoms with Gasteiger partial charge in [-0.25, -0.2) is 0 Å². The lowest BCUT2D eigenvalue weighted by molar-refractivity contribution is -0.384. The molecule has 0 aliphatic rings. The summed E-state index contributed by atoms with van der Waals surface area (Å²) in [6.07, 6.45) is 1.12. The number of halogens is 1. The van der Waals surface area contributed by atoms with Crippen LogP contribution in [-0.4, -0.2) is 34.5 Å². The number of anilines is 1. The molecule has 8 nitrogen and oxygen atoms in total. The van der Waals surface area contributed by atoms with E-state index < -0.39 is 22.8 Å². The fraction of sp³-hybridized carbons (Fsp3) is 0.429. The number of amides is 1. The fourth-order valence-corrected chi connectivity index (χ4v) is 1.91. The van der Waals surface area contributed by atoms with Crippen LogP contribution < -0.4 is 10.6 Å². The molecule has 1 amide bonds. The molecule has 0 spiro atoms. The first kappa shape index (κ1) is 20.8. The number of carboxylic acid groups (broad SMARTS) is 1. The van der Waals surface area contributed by atoms with E-state index in [4.69, 9.17) is 5.11 Å². The van der Waals surface area contributed by atoms with E-state index in [-0.39, 0.29) is 24.6 Å². The van der Waals surface area contributed by atoms with Gasteiger partial charge in [-0.2, -0.15) is 0 Å². The molecule has 0 aliphatic carbocycles. The quantitative estimate of drug-likeness (QED) is 0.490. The molecule has 0 aliphatic heterocycles. The van der Waals surface area contributed by atoms with E-state index in [0.717, 1.165) is 0 Å². The van der Waals surface area contributed by atoms with E-state index >= 15 is 0 Å². The zero-order valence-electron chi connectivity index (χ0n) is 12.9. The second-order valence-corrected chi connectivity index (χ2v) is 4.86. The summed E-state index contributed by atoms with van der Waals surface area (Å²) in [5.41, 5.74) is 0.966. The van der Waals surface area contributed by atoms with Crippen LogP contribution in [0.3, 0.4) is 0 Å². The molecule has 0 heterocycles. The van der Waals surface area contributed by atoms with Crippen molar-refractivity contribution in [3.05, 3.63) is 33.9 Å². The van der Waals surface area contributed by atoms with Crippen molar-refractivity contribution in [3.63, 3.8) is 0 Å². The first-order valence-corrected chi connectivity index (χ1v) is 6.86. The van der Waals surface area contributed by atoms with Gasteiger partial charge in [0.15, 0.2) is 0 Å². The number of benzene rings is 1. The van der Waals surface area contributed by atoms with E-state index in [1.54, 1.807) is 6.92 Å². The maximum atomic E-state index is 11.8. The van der Waals surface area contributed by atoms with Crippen LogP contribution in [0.15, 0.2) is 18.2 Å². The van der Waals surface area contributed by atoms with Crippen LogP contribution in [-0.2, 0) is 9.59 Å². The Hall–Kier alpha value is -2.19. The average Bonchev–Trinajstić information content (AvgIpc) is 2.45. The summed E-state index contributed by atoms with van der Waals surface area (Å²) in [6.45, 7) is 3.36. The normalized spacial score (nSPS) is 11.2. The molecule has 1 aromatic rings. The Morgan fingerprint density at radius 2 is 2.04 bits per heavy atom. The highest BCUT2D eigenvalue weighted by molar-refractivity contribution is 5.93. The van der Waals surface area contributed by atoms with Gasteiger partial charge < -0.3 is 10.4 Å². The first-order chi connectivity index (χ1) is 10.3. The number of nitrogens with one attached hydrogen (secondary N) is 2. The summed E-state index contributed by atoms with van der Waals surface area (Å²) < 4.78 is 0. The molecule has 23 heavy (non-hydrogen) atoms. The van der Waals surface area contributed by atoms with Gasteiger partial charge in [-0.05, 0) is 25.0 Å². The Morgan fingerprint density at radius 1 is 1.39 bits per heavy atom. The second-order valence-electron chi connectivity index (χ2n) is 4.86. The average molecular weight is 346 g/mol. The third kappa shape index (κ3) is 6.62. The molecule has 0 saturated heterocycles. The predicted octanol–water partition coefficient (Wildman–Crippen LogP) is 2.11. The van der Waals surface area contributed by atoms with Gasteiger partial charge in [0.25, 0.3) is 5.69 Å². The maximum absolute atomic E-state index is 11.8. The largest absolute Gasteiger partial charge is 0.480 e. The van der Waals surface area contributed by atoms with Gasteiger partial charge in [0.2, 0.25) is 5.91 Å². The second kappa shape index (κ2) is 9.75. The predicted molar refractivity (Wildman–Crippen MR) is 88.0 cm³/mol.